The Morgan fingerprint density at radius 1 is 0.477 bits per heavy atom. The second-order valence-electron chi connectivity index (χ2n) is 12.4. The van der Waals surface area contributed by atoms with E-state index in [1.54, 1.807) is 0 Å². The van der Waals surface area contributed by atoms with Crippen molar-refractivity contribution < 1.29 is 14.1 Å². The normalized spacial score (nSPS) is 17.4. The van der Waals surface area contributed by atoms with E-state index in [1.807, 2.05) is 12.4 Å². The summed E-state index contributed by atoms with van der Waals surface area (Å²) in [7, 11) is 0. The van der Waals surface area contributed by atoms with Gasteiger partial charge in [0.1, 0.15) is 33.6 Å². The maximum absolute atomic E-state index is 6.93. The van der Waals surface area contributed by atoms with Crippen LogP contribution in [-0.4, -0.2) is 14.0 Å². The van der Waals surface area contributed by atoms with E-state index >= 15 is 0 Å². The third-order valence-corrected chi connectivity index (χ3v) is 10.7. The maximum atomic E-state index is 6.93. The fraction of sp³-hybridized carbons (Fsp3) is 0.0263. The molecule has 0 saturated heterocycles. The molecule has 6 heteroatoms. The van der Waals surface area contributed by atoms with Gasteiger partial charge in [0.15, 0.2) is 11.1 Å². The molecule has 0 amide bonds. The van der Waals surface area contributed by atoms with Crippen LogP contribution < -0.4 is 14.1 Å². The number of hydrogen-bond acceptors (Lipinski definition) is 2. The standard InChI is InChI=1S/C38H19N5O/c1-2-8-22-20(7-1)23-13-15-30-32-36(23)40-34(22)25-9-3-5-11-28(25)42(40)38(32)33-31(44-30)16-14-24-21-17-18-39-19-27(21)35-26-10-4-6-12-29(26)43(38)41(35)37(24)33/h1-19H/q+2. The molecule has 6 nitrogen and oxygen atoms in total. The van der Waals surface area contributed by atoms with Crippen LogP contribution in [0.3, 0.4) is 0 Å². The largest absolute Gasteiger partial charge is 0.470 e. The zero-order valence-electron chi connectivity index (χ0n) is 23.1. The molecule has 8 heterocycles. The first-order valence-corrected chi connectivity index (χ1v) is 15.1. The predicted octanol–water partition coefficient (Wildman–Crippen LogP) is 7.11. The number of rotatable bonds is 0. The van der Waals surface area contributed by atoms with Crippen molar-refractivity contribution in [2.75, 3.05) is 0 Å². The van der Waals surface area contributed by atoms with Crippen LogP contribution in [0.2, 0.25) is 0 Å². The van der Waals surface area contributed by atoms with Crippen molar-refractivity contribution in [2.45, 2.75) is 5.66 Å². The molecular weight excluding hydrogens is 542 g/mol. The number of para-hydroxylation sites is 2. The highest BCUT2D eigenvalue weighted by molar-refractivity contribution is 6.21. The Labute approximate surface area is 247 Å². The second kappa shape index (κ2) is 6.33. The van der Waals surface area contributed by atoms with Gasteiger partial charge >= 0.3 is 5.66 Å². The number of nitrogens with zero attached hydrogens (tertiary/aromatic N) is 5. The summed E-state index contributed by atoms with van der Waals surface area (Å²) in [5.41, 5.74) is 8.87. The fourth-order valence-electron chi connectivity index (χ4n) is 9.30. The van der Waals surface area contributed by atoms with Gasteiger partial charge in [-0.15, -0.1) is 9.03 Å². The summed E-state index contributed by atoms with van der Waals surface area (Å²) in [6.07, 6.45) is 3.94. The van der Waals surface area contributed by atoms with E-state index in [1.165, 1.54) is 81.9 Å². The van der Waals surface area contributed by atoms with Gasteiger partial charge < -0.3 is 4.74 Å². The summed E-state index contributed by atoms with van der Waals surface area (Å²) in [4.78, 5) is 4.62. The molecule has 1 spiro atoms. The molecule has 0 N–H and O–H groups in total. The average Bonchev–Trinajstić information content (AvgIpc) is 3.79. The summed E-state index contributed by atoms with van der Waals surface area (Å²) in [6, 6.07) is 37.7. The van der Waals surface area contributed by atoms with Gasteiger partial charge in [0.2, 0.25) is 11.0 Å². The molecular formula is C38H19N5O+2. The quantitative estimate of drug-likeness (QED) is 0.146. The number of pyridine rings is 3. The molecule has 0 saturated carbocycles. The van der Waals surface area contributed by atoms with Crippen LogP contribution in [0.25, 0.3) is 76.2 Å². The molecule has 44 heavy (non-hydrogen) atoms. The van der Waals surface area contributed by atoms with Gasteiger partial charge in [0, 0.05) is 46.1 Å². The summed E-state index contributed by atoms with van der Waals surface area (Å²) >= 11 is 0. The van der Waals surface area contributed by atoms with E-state index < -0.39 is 5.66 Å². The Bertz CT molecular complexity index is 2880. The molecule has 0 fully saturated rings. The molecule has 10 aromatic rings. The zero-order chi connectivity index (χ0) is 28.1. The van der Waals surface area contributed by atoms with E-state index in [-0.39, 0.29) is 0 Å². The molecule has 0 bridgehead atoms. The zero-order valence-corrected chi connectivity index (χ0v) is 23.1. The van der Waals surface area contributed by atoms with Gasteiger partial charge in [-0.05, 0) is 62.6 Å². The van der Waals surface area contributed by atoms with Gasteiger partial charge in [0.05, 0.1) is 10.8 Å². The molecule has 1 atom stereocenters. The van der Waals surface area contributed by atoms with E-state index in [0.717, 1.165) is 16.9 Å². The van der Waals surface area contributed by atoms with Crippen LogP contribution >= 0.6 is 0 Å². The number of hydrogen-bond donors (Lipinski definition) is 0. The van der Waals surface area contributed by atoms with Crippen LogP contribution in [0.15, 0.2) is 116 Å². The monoisotopic (exact) mass is 561 g/mol. The van der Waals surface area contributed by atoms with Gasteiger partial charge in [-0.3, -0.25) is 4.98 Å². The molecule has 200 valence electrons. The van der Waals surface area contributed by atoms with Crippen molar-refractivity contribution in [2.24, 2.45) is 0 Å². The minimum atomic E-state index is -0.715. The first-order chi connectivity index (χ1) is 21.9. The lowest BCUT2D eigenvalue weighted by Crippen LogP contribution is -2.74. The van der Waals surface area contributed by atoms with Crippen LogP contribution in [0.1, 0.15) is 11.1 Å². The lowest BCUT2D eigenvalue weighted by atomic mass is 9.84. The summed E-state index contributed by atoms with van der Waals surface area (Å²) in [5, 5.41) is 9.79. The predicted molar refractivity (Wildman–Crippen MR) is 170 cm³/mol. The summed E-state index contributed by atoms with van der Waals surface area (Å²) < 4.78 is 17.1. The van der Waals surface area contributed by atoms with Gasteiger partial charge in [-0.1, -0.05) is 48.5 Å². The first kappa shape index (κ1) is 20.8. The van der Waals surface area contributed by atoms with E-state index in [9.17, 15) is 0 Å². The van der Waals surface area contributed by atoms with Gasteiger partial charge in [-0.2, -0.15) is 0 Å². The minimum Gasteiger partial charge on any atom is -0.455 e. The van der Waals surface area contributed by atoms with E-state index in [0.29, 0.717) is 0 Å². The number of ether oxygens (including phenoxy) is 1. The molecule has 0 radical (unpaired) electrons. The van der Waals surface area contributed by atoms with Crippen LogP contribution in [0.4, 0.5) is 0 Å². The van der Waals surface area contributed by atoms with Crippen molar-refractivity contribution in [1.29, 1.82) is 0 Å². The van der Waals surface area contributed by atoms with Crippen molar-refractivity contribution >= 4 is 76.2 Å². The third kappa shape index (κ3) is 1.81. The Morgan fingerprint density at radius 3 is 1.61 bits per heavy atom. The SMILES string of the molecule is c1ccc2c(c1)c1ccc3c4c1n1c2c2ccccc2[n+]1C41c2c(ccc4c5ccncc5c5c6ccccc6[n+]1n5c24)O3. The molecule has 3 aliphatic heterocycles. The van der Waals surface area contributed by atoms with E-state index in [4.69, 9.17) is 4.74 Å². The summed E-state index contributed by atoms with van der Waals surface area (Å²) in [5.74, 6) is 1.81. The number of benzene rings is 5. The first-order valence-electron chi connectivity index (χ1n) is 15.1. The lowest BCUT2D eigenvalue weighted by molar-refractivity contribution is -0.992. The van der Waals surface area contributed by atoms with Crippen molar-refractivity contribution in [3.63, 3.8) is 0 Å². The number of fused-ring (bicyclic) bond motifs is 12. The smallest absolute Gasteiger partial charge is 0.455 e. The molecule has 13 rings (SSSR count). The summed E-state index contributed by atoms with van der Waals surface area (Å²) in [6.45, 7) is 0. The van der Waals surface area contributed by atoms with Crippen molar-refractivity contribution in [3.05, 3.63) is 127 Å². The second-order valence-corrected chi connectivity index (χ2v) is 12.4. The molecule has 0 aliphatic carbocycles. The molecule has 3 aliphatic rings. The average molecular weight is 562 g/mol. The Morgan fingerprint density at radius 2 is 0.977 bits per heavy atom. The topological polar surface area (TPSA) is 38.7 Å². The van der Waals surface area contributed by atoms with Crippen LogP contribution in [0, 0.1) is 0 Å². The lowest BCUT2D eigenvalue weighted by Gasteiger charge is -2.24. The molecule has 1 unspecified atom stereocenters. The molecule has 5 aromatic carbocycles. The highest BCUT2D eigenvalue weighted by atomic mass is 16.5. The van der Waals surface area contributed by atoms with Crippen molar-refractivity contribution in [1.82, 2.24) is 14.0 Å². The van der Waals surface area contributed by atoms with E-state index in [2.05, 4.69) is 127 Å². The maximum Gasteiger partial charge on any atom is 0.470 e. The highest BCUT2D eigenvalue weighted by Gasteiger charge is 2.73. The Hall–Kier alpha value is -6.01. The Kier molecular flexibility index (Phi) is 2.99. The highest BCUT2D eigenvalue weighted by Crippen LogP contribution is 2.57. The fourth-order valence-corrected chi connectivity index (χ4v) is 9.30. The molecule has 5 aromatic heterocycles. The third-order valence-electron chi connectivity index (χ3n) is 10.7. The number of aromatic nitrogens is 5. The van der Waals surface area contributed by atoms with Crippen molar-refractivity contribution in [3.8, 4) is 11.5 Å². The van der Waals surface area contributed by atoms with Gasteiger partial charge in [0.25, 0.3) is 0 Å². The van der Waals surface area contributed by atoms with Crippen LogP contribution in [0.5, 0.6) is 11.5 Å². The minimum absolute atomic E-state index is 0.715. The Balaban J connectivity index is 1.45. The van der Waals surface area contributed by atoms with Crippen LogP contribution in [-0.2, 0) is 5.66 Å². The van der Waals surface area contributed by atoms with Gasteiger partial charge in [-0.25, -0.2) is 0 Å².